The molecule has 2 aromatic rings. The minimum atomic E-state index is -0.171. The second-order valence-electron chi connectivity index (χ2n) is 4.93. The molecule has 1 aliphatic carbocycles. The Morgan fingerprint density at radius 2 is 2.21 bits per heavy atom. The predicted molar refractivity (Wildman–Crippen MR) is 75.2 cm³/mol. The summed E-state index contributed by atoms with van der Waals surface area (Å²) < 4.78 is 13.2. The molecule has 1 aliphatic rings. The summed E-state index contributed by atoms with van der Waals surface area (Å²) in [6.45, 7) is 1.62. The van der Waals surface area contributed by atoms with Gasteiger partial charge in [-0.2, -0.15) is 0 Å². The van der Waals surface area contributed by atoms with Gasteiger partial charge in [0.2, 0.25) is 0 Å². The first kappa shape index (κ1) is 12.6. The number of nitrogens with two attached hydrogens (primary N) is 1. The molecule has 1 aromatic carbocycles. The van der Waals surface area contributed by atoms with Crippen LogP contribution in [0.4, 0.5) is 9.52 Å². The van der Waals surface area contributed by atoms with Crippen LogP contribution in [-0.4, -0.2) is 15.9 Å². The van der Waals surface area contributed by atoms with Gasteiger partial charge in [0.25, 0.3) is 0 Å². The Bertz CT molecular complexity index is 565. The fourth-order valence-corrected chi connectivity index (χ4v) is 2.93. The molecule has 19 heavy (non-hydrogen) atoms. The van der Waals surface area contributed by atoms with Crippen LogP contribution in [0.15, 0.2) is 30.5 Å². The van der Waals surface area contributed by atoms with E-state index in [-0.39, 0.29) is 5.82 Å². The summed E-state index contributed by atoms with van der Waals surface area (Å²) in [4.78, 5) is 7.62. The maximum Gasteiger partial charge on any atom is 0.180 e. The molecule has 0 radical (unpaired) electrons. The molecule has 100 valence electrons. The molecule has 1 fully saturated rings. The van der Waals surface area contributed by atoms with Gasteiger partial charge in [0.1, 0.15) is 5.82 Å². The van der Waals surface area contributed by atoms with Crippen LogP contribution in [0.5, 0.6) is 0 Å². The summed E-state index contributed by atoms with van der Waals surface area (Å²) in [6.07, 6.45) is 4.29. The van der Waals surface area contributed by atoms with Gasteiger partial charge in [-0.3, -0.25) is 4.90 Å². The molecule has 0 saturated heterocycles. The third-order valence-electron chi connectivity index (χ3n) is 3.27. The summed E-state index contributed by atoms with van der Waals surface area (Å²) in [6, 6.07) is 7.44. The van der Waals surface area contributed by atoms with Crippen LogP contribution < -0.4 is 5.73 Å². The van der Waals surface area contributed by atoms with Gasteiger partial charge in [-0.1, -0.05) is 12.1 Å². The molecule has 0 unspecified atom stereocenters. The van der Waals surface area contributed by atoms with Crippen molar-refractivity contribution in [3.63, 3.8) is 0 Å². The van der Waals surface area contributed by atoms with Crippen LogP contribution in [0, 0.1) is 5.82 Å². The number of nitrogen functional groups attached to an aromatic ring is 1. The van der Waals surface area contributed by atoms with Crippen molar-refractivity contribution >= 4 is 16.5 Å². The van der Waals surface area contributed by atoms with Crippen molar-refractivity contribution in [2.45, 2.75) is 32.0 Å². The van der Waals surface area contributed by atoms with Gasteiger partial charge >= 0.3 is 0 Å². The highest BCUT2D eigenvalue weighted by Crippen LogP contribution is 2.31. The third-order valence-corrected chi connectivity index (χ3v) is 4.08. The van der Waals surface area contributed by atoms with E-state index in [1.54, 1.807) is 12.1 Å². The standard InChI is InChI=1S/C14H16FN3S/c15-11-3-1-2-10(6-11)8-18(12-4-5-12)9-13-7-17-14(16)19-13/h1-3,6-7,12H,4-5,8-9H2,(H2,16,17). The molecule has 0 bridgehead atoms. The molecule has 5 heteroatoms. The van der Waals surface area contributed by atoms with E-state index in [2.05, 4.69) is 9.88 Å². The Morgan fingerprint density at radius 1 is 1.37 bits per heavy atom. The van der Waals surface area contributed by atoms with Crippen molar-refractivity contribution in [2.24, 2.45) is 0 Å². The number of benzene rings is 1. The second-order valence-corrected chi connectivity index (χ2v) is 6.08. The van der Waals surface area contributed by atoms with Gasteiger partial charge in [-0.25, -0.2) is 9.37 Å². The van der Waals surface area contributed by atoms with Gasteiger partial charge in [-0.05, 0) is 30.5 Å². The van der Waals surface area contributed by atoms with E-state index in [9.17, 15) is 4.39 Å². The van der Waals surface area contributed by atoms with Crippen molar-refractivity contribution in [1.29, 1.82) is 0 Å². The van der Waals surface area contributed by atoms with Crippen LogP contribution in [0.2, 0.25) is 0 Å². The van der Waals surface area contributed by atoms with E-state index in [1.807, 2.05) is 12.3 Å². The number of nitrogens with zero attached hydrogens (tertiary/aromatic N) is 2. The first-order valence-corrected chi connectivity index (χ1v) is 7.21. The van der Waals surface area contributed by atoms with Crippen molar-refractivity contribution in [3.05, 3.63) is 46.7 Å². The quantitative estimate of drug-likeness (QED) is 0.913. The van der Waals surface area contributed by atoms with E-state index in [0.29, 0.717) is 11.2 Å². The summed E-state index contributed by atoms with van der Waals surface area (Å²) in [7, 11) is 0. The molecule has 1 aromatic heterocycles. The highest BCUT2D eigenvalue weighted by Gasteiger charge is 2.29. The Kier molecular flexibility index (Phi) is 3.48. The highest BCUT2D eigenvalue weighted by atomic mass is 32.1. The summed E-state index contributed by atoms with van der Waals surface area (Å²) in [5.74, 6) is -0.171. The lowest BCUT2D eigenvalue weighted by Gasteiger charge is -2.21. The molecule has 1 heterocycles. The van der Waals surface area contributed by atoms with E-state index < -0.39 is 0 Å². The van der Waals surface area contributed by atoms with Crippen LogP contribution in [-0.2, 0) is 13.1 Å². The molecule has 0 spiro atoms. The average Bonchev–Trinajstić information content (AvgIpc) is 3.13. The number of aromatic nitrogens is 1. The van der Waals surface area contributed by atoms with Crippen molar-refractivity contribution < 1.29 is 4.39 Å². The maximum atomic E-state index is 13.2. The van der Waals surface area contributed by atoms with Crippen molar-refractivity contribution in [1.82, 2.24) is 9.88 Å². The van der Waals surface area contributed by atoms with Crippen LogP contribution in [0.25, 0.3) is 0 Å². The van der Waals surface area contributed by atoms with E-state index in [1.165, 1.54) is 35.1 Å². The lowest BCUT2D eigenvalue weighted by molar-refractivity contribution is 0.247. The third kappa shape index (κ3) is 3.30. The highest BCUT2D eigenvalue weighted by molar-refractivity contribution is 7.15. The monoisotopic (exact) mass is 277 g/mol. The number of thiazole rings is 1. The summed E-state index contributed by atoms with van der Waals surface area (Å²) in [5.41, 5.74) is 6.68. The zero-order chi connectivity index (χ0) is 13.2. The topological polar surface area (TPSA) is 42.1 Å². The van der Waals surface area contributed by atoms with Gasteiger partial charge in [-0.15, -0.1) is 11.3 Å². The molecule has 0 atom stereocenters. The molecule has 2 N–H and O–H groups in total. The number of halogens is 1. The summed E-state index contributed by atoms with van der Waals surface area (Å²) in [5, 5.41) is 0.608. The Hall–Kier alpha value is -1.46. The maximum absolute atomic E-state index is 13.2. The fraction of sp³-hybridized carbons (Fsp3) is 0.357. The molecule has 0 aliphatic heterocycles. The van der Waals surface area contributed by atoms with Crippen LogP contribution in [0.1, 0.15) is 23.3 Å². The van der Waals surface area contributed by atoms with Gasteiger partial charge < -0.3 is 5.73 Å². The minimum absolute atomic E-state index is 0.171. The first-order valence-electron chi connectivity index (χ1n) is 6.39. The number of hydrogen-bond donors (Lipinski definition) is 1. The Morgan fingerprint density at radius 3 is 2.84 bits per heavy atom. The Balaban J connectivity index is 1.71. The zero-order valence-corrected chi connectivity index (χ0v) is 11.4. The normalized spacial score (nSPS) is 15.1. The molecular weight excluding hydrogens is 261 g/mol. The second kappa shape index (κ2) is 5.27. The fourth-order valence-electron chi connectivity index (χ4n) is 2.22. The minimum Gasteiger partial charge on any atom is -0.375 e. The smallest absolute Gasteiger partial charge is 0.180 e. The lowest BCUT2D eigenvalue weighted by Crippen LogP contribution is -2.24. The van der Waals surface area contributed by atoms with Crippen molar-refractivity contribution in [3.8, 4) is 0 Å². The largest absolute Gasteiger partial charge is 0.375 e. The lowest BCUT2D eigenvalue weighted by atomic mass is 10.2. The van der Waals surface area contributed by atoms with Gasteiger partial charge in [0.15, 0.2) is 5.13 Å². The van der Waals surface area contributed by atoms with Crippen LogP contribution >= 0.6 is 11.3 Å². The van der Waals surface area contributed by atoms with Gasteiger partial charge in [0.05, 0.1) is 0 Å². The van der Waals surface area contributed by atoms with E-state index in [4.69, 9.17) is 5.73 Å². The summed E-state index contributed by atoms with van der Waals surface area (Å²) >= 11 is 1.53. The molecular formula is C14H16FN3S. The van der Waals surface area contributed by atoms with E-state index >= 15 is 0 Å². The predicted octanol–water partition coefficient (Wildman–Crippen LogP) is 3.03. The van der Waals surface area contributed by atoms with Crippen molar-refractivity contribution in [2.75, 3.05) is 5.73 Å². The molecule has 3 rings (SSSR count). The number of rotatable bonds is 5. The van der Waals surface area contributed by atoms with E-state index in [0.717, 1.165) is 18.7 Å². The molecule has 1 saturated carbocycles. The number of anilines is 1. The van der Waals surface area contributed by atoms with Gasteiger partial charge in [0, 0.05) is 30.2 Å². The number of hydrogen-bond acceptors (Lipinski definition) is 4. The van der Waals surface area contributed by atoms with Crippen LogP contribution in [0.3, 0.4) is 0 Å². The zero-order valence-electron chi connectivity index (χ0n) is 10.6. The Labute approximate surface area is 115 Å². The molecule has 0 amide bonds. The first-order chi connectivity index (χ1) is 9.20. The average molecular weight is 277 g/mol. The SMILES string of the molecule is Nc1ncc(CN(Cc2cccc(F)c2)C2CC2)s1. The molecule has 3 nitrogen and oxygen atoms in total.